The number of nitrogens with one attached hydrogen (secondary N) is 1. The molecule has 0 radical (unpaired) electrons. The van der Waals surface area contributed by atoms with Gasteiger partial charge in [0.25, 0.3) is 5.91 Å². The molecule has 0 unspecified atom stereocenters. The first-order chi connectivity index (χ1) is 13.0. The van der Waals surface area contributed by atoms with Gasteiger partial charge in [-0.05, 0) is 31.2 Å². The van der Waals surface area contributed by atoms with Gasteiger partial charge in [-0.25, -0.2) is 4.98 Å². The number of benzene rings is 1. The van der Waals surface area contributed by atoms with Crippen LogP contribution in [0.15, 0.2) is 47.5 Å². The van der Waals surface area contributed by atoms with E-state index in [1.165, 1.54) is 29.8 Å². The van der Waals surface area contributed by atoms with Crippen LogP contribution < -0.4 is 10.2 Å². The number of nitrogens with zero attached hydrogens (tertiary/aromatic N) is 2. The van der Waals surface area contributed by atoms with E-state index in [9.17, 15) is 14.4 Å². The first-order valence-electron chi connectivity index (χ1n) is 8.09. The Morgan fingerprint density at radius 1 is 1.33 bits per heavy atom. The summed E-state index contributed by atoms with van der Waals surface area (Å²) in [5, 5.41) is 2.69. The van der Waals surface area contributed by atoms with Gasteiger partial charge in [0.15, 0.2) is 11.3 Å². The van der Waals surface area contributed by atoms with Crippen molar-refractivity contribution in [3.05, 3.63) is 47.7 Å². The maximum atomic E-state index is 12.3. The summed E-state index contributed by atoms with van der Waals surface area (Å²) in [7, 11) is 0. The van der Waals surface area contributed by atoms with E-state index in [1.54, 1.807) is 24.3 Å². The number of anilines is 2. The number of fused-ring (bicyclic) bond motifs is 1. The summed E-state index contributed by atoms with van der Waals surface area (Å²) in [6, 6.07) is 10.5. The van der Waals surface area contributed by atoms with Gasteiger partial charge in [0.2, 0.25) is 5.91 Å². The van der Waals surface area contributed by atoms with E-state index < -0.39 is 18.0 Å². The fourth-order valence-electron chi connectivity index (χ4n) is 2.46. The summed E-state index contributed by atoms with van der Waals surface area (Å²) in [6.45, 7) is 1.18. The van der Waals surface area contributed by atoms with E-state index in [4.69, 9.17) is 16.3 Å². The third-order valence-corrected chi connectivity index (χ3v) is 5.14. The molecule has 0 fully saturated rings. The molecule has 1 aliphatic heterocycles. The van der Waals surface area contributed by atoms with E-state index in [2.05, 4.69) is 10.3 Å². The number of esters is 1. The number of carbonyl (C=O) groups excluding carboxylic acids is 3. The third kappa shape index (κ3) is 4.58. The van der Waals surface area contributed by atoms with Crippen LogP contribution in [0.2, 0.25) is 5.15 Å². The Balaban J connectivity index is 1.61. The van der Waals surface area contributed by atoms with Crippen LogP contribution in [0.4, 0.5) is 11.4 Å². The lowest BCUT2D eigenvalue weighted by atomic mass is 10.2. The molecule has 9 heteroatoms. The molecule has 1 aromatic carbocycles. The van der Waals surface area contributed by atoms with Crippen molar-refractivity contribution in [2.75, 3.05) is 22.5 Å². The second-order valence-corrected chi connectivity index (χ2v) is 7.07. The van der Waals surface area contributed by atoms with E-state index in [0.717, 1.165) is 4.90 Å². The molecular formula is C18H16ClN3O4S. The summed E-state index contributed by atoms with van der Waals surface area (Å²) < 4.78 is 5.18. The van der Waals surface area contributed by atoms with Crippen molar-refractivity contribution in [2.24, 2.45) is 0 Å². The molecule has 1 aliphatic rings. The topological polar surface area (TPSA) is 88.6 Å². The molecule has 27 heavy (non-hydrogen) atoms. The number of rotatable bonds is 5. The Morgan fingerprint density at radius 3 is 2.89 bits per heavy atom. The molecule has 1 N–H and O–H groups in total. The quantitative estimate of drug-likeness (QED) is 0.607. The van der Waals surface area contributed by atoms with Gasteiger partial charge in [0.05, 0.1) is 17.1 Å². The number of pyridine rings is 1. The third-order valence-electron chi connectivity index (χ3n) is 3.79. The molecular weight excluding hydrogens is 390 g/mol. The molecule has 0 saturated heterocycles. The molecule has 0 spiro atoms. The van der Waals surface area contributed by atoms with Crippen LogP contribution in [0, 0.1) is 0 Å². The SMILES string of the molecule is C[C@@H](OC(=O)CN1C(=O)CSc2ccccc21)C(=O)Nc1cccnc1Cl. The Labute approximate surface area is 165 Å². The van der Waals surface area contributed by atoms with Crippen LogP contribution in [0.5, 0.6) is 0 Å². The summed E-state index contributed by atoms with van der Waals surface area (Å²) >= 11 is 7.31. The van der Waals surface area contributed by atoms with Crippen LogP contribution >= 0.6 is 23.4 Å². The highest BCUT2D eigenvalue weighted by Crippen LogP contribution is 2.34. The van der Waals surface area contributed by atoms with Gasteiger partial charge in [0.1, 0.15) is 6.54 Å². The molecule has 3 rings (SSSR count). The van der Waals surface area contributed by atoms with E-state index in [-0.39, 0.29) is 23.4 Å². The molecule has 0 aliphatic carbocycles. The summed E-state index contributed by atoms with van der Waals surface area (Å²) in [6.07, 6.45) is 0.436. The van der Waals surface area contributed by atoms with Crippen LogP contribution in [-0.2, 0) is 19.1 Å². The average Bonchev–Trinajstić information content (AvgIpc) is 2.66. The van der Waals surface area contributed by atoms with E-state index >= 15 is 0 Å². The summed E-state index contributed by atoms with van der Waals surface area (Å²) in [5.74, 6) is -1.15. The van der Waals surface area contributed by atoms with Crippen LogP contribution in [0.25, 0.3) is 0 Å². The molecule has 0 bridgehead atoms. The van der Waals surface area contributed by atoms with Crippen molar-refractivity contribution in [1.82, 2.24) is 4.98 Å². The monoisotopic (exact) mass is 405 g/mol. The maximum absolute atomic E-state index is 12.3. The molecule has 1 atom stereocenters. The van der Waals surface area contributed by atoms with Crippen molar-refractivity contribution < 1.29 is 19.1 Å². The highest BCUT2D eigenvalue weighted by molar-refractivity contribution is 8.00. The van der Waals surface area contributed by atoms with Gasteiger partial charge >= 0.3 is 5.97 Å². The Kier molecular flexibility index (Phi) is 5.98. The number of hydrogen-bond donors (Lipinski definition) is 1. The first-order valence-corrected chi connectivity index (χ1v) is 9.45. The standard InChI is InChI=1S/C18H16ClN3O4S/c1-11(18(25)21-12-5-4-8-20-17(12)19)26-16(24)9-22-13-6-2-3-7-14(13)27-10-15(22)23/h2-8,11H,9-10H2,1H3,(H,21,25)/t11-/m1/s1. The van der Waals surface area contributed by atoms with E-state index in [0.29, 0.717) is 11.4 Å². The van der Waals surface area contributed by atoms with Gasteiger partial charge in [0, 0.05) is 11.1 Å². The molecule has 2 heterocycles. The number of halogens is 1. The van der Waals surface area contributed by atoms with Crippen molar-refractivity contribution in [3.63, 3.8) is 0 Å². The minimum atomic E-state index is -1.06. The average molecular weight is 406 g/mol. The fraction of sp³-hybridized carbons (Fsp3) is 0.222. The predicted molar refractivity (Wildman–Crippen MR) is 103 cm³/mol. The number of aromatic nitrogens is 1. The van der Waals surface area contributed by atoms with E-state index in [1.807, 2.05) is 12.1 Å². The highest BCUT2D eigenvalue weighted by atomic mass is 35.5. The Morgan fingerprint density at radius 2 is 2.11 bits per heavy atom. The molecule has 1 aromatic heterocycles. The van der Waals surface area contributed by atoms with Crippen LogP contribution in [0.1, 0.15) is 6.92 Å². The fourth-order valence-corrected chi connectivity index (χ4v) is 3.56. The molecule has 2 amide bonds. The summed E-state index contributed by atoms with van der Waals surface area (Å²) in [4.78, 5) is 42.8. The molecule has 2 aromatic rings. The largest absolute Gasteiger partial charge is 0.451 e. The molecule has 7 nitrogen and oxygen atoms in total. The van der Waals surface area contributed by atoms with Gasteiger partial charge < -0.3 is 10.1 Å². The number of amides is 2. The maximum Gasteiger partial charge on any atom is 0.326 e. The zero-order valence-electron chi connectivity index (χ0n) is 14.3. The lowest BCUT2D eigenvalue weighted by Crippen LogP contribution is -2.41. The van der Waals surface area contributed by atoms with Gasteiger partial charge in [-0.2, -0.15) is 0 Å². The Bertz CT molecular complexity index is 892. The second-order valence-electron chi connectivity index (χ2n) is 5.70. The van der Waals surface area contributed by atoms with Crippen molar-refractivity contribution in [1.29, 1.82) is 0 Å². The lowest BCUT2D eigenvalue weighted by Gasteiger charge is -2.28. The number of para-hydroxylation sites is 1. The number of hydrogen-bond acceptors (Lipinski definition) is 6. The van der Waals surface area contributed by atoms with Crippen LogP contribution in [0.3, 0.4) is 0 Å². The first kappa shape index (κ1) is 19.2. The van der Waals surface area contributed by atoms with Gasteiger partial charge in [-0.3, -0.25) is 19.3 Å². The van der Waals surface area contributed by atoms with Gasteiger partial charge in [-0.15, -0.1) is 11.8 Å². The minimum Gasteiger partial charge on any atom is -0.451 e. The number of carbonyl (C=O) groups is 3. The smallest absolute Gasteiger partial charge is 0.326 e. The van der Waals surface area contributed by atoms with Gasteiger partial charge in [-0.1, -0.05) is 23.7 Å². The number of ether oxygens (including phenoxy) is 1. The van der Waals surface area contributed by atoms with Crippen molar-refractivity contribution >= 4 is 52.5 Å². The van der Waals surface area contributed by atoms with Crippen molar-refractivity contribution in [2.45, 2.75) is 17.9 Å². The predicted octanol–water partition coefficient (Wildman–Crippen LogP) is 2.74. The summed E-state index contributed by atoms with van der Waals surface area (Å²) in [5.41, 5.74) is 0.985. The zero-order chi connectivity index (χ0) is 19.4. The normalized spacial score (nSPS) is 14.3. The molecule has 140 valence electrons. The zero-order valence-corrected chi connectivity index (χ0v) is 15.9. The Hall–Kier alpha value is -2.58. The minimum absolute atomic E-state index is 0.136. The molecule has 0 saturated carbocycles. The van der Waals surface area contributed by atoms with Crippen LogP contribution in [-0.4, -0.2) is 41.2 Å². The number of thioether (sulfide) groups is 1. The van der Waals surface area contributed by atoms with Crippen molar-refractivity contribution in [3.8, 4) is 0 Å². The highest BCUT2D eigenvalue weighted by Gasteiger charge is 2.28. The second kappa shape index (κ2) is 8.41. The lowest BCUT2D eigenvalue weighted by molar-refractivity contribution is -0.152.